The number of carbonyl (C=O) groups excluding carboxylic acids is 2. The molecule has 0 aliphatic carbocycles. The summed E-state index contributed by atoms with van der Waals surface area (Å²) >= 11 is 0. The summed E-state index contributed by atoms with van der Waals surface area (Å²) in [5, 5.41) is 5.76. The van der Waals surface area contributed by atoms with E-state index in [9.17, 15) is 9.59 Å². The Morgan fingerprint density at radius 2 is 2.05 bits per heavy atom. The predicted molar refractivity (Wildman–Crippen MR) is 82.1 cm³/mol. The van der Waals surface area contributed by atoms with Crippen LogP contribution in [-0.4, -0.2) is 41.0 Å². The molecule has 22 heavy (non-hydrogen) atoms. The number of likely N-dealkylation sites (tertiary alicyclic amines) is 1. The van der Waals surface area contributed by atoms with Crippen LogP contribution in [0.15, 0.2) is 24.5 Å². The first-order valence-electron chi connectivity index (χ1n) is 8.00. The molecule has 2 aliphatic heterocycles. The van der Waals surface area contributed by atoms with Crippen molar-refractivity contribution in [3.05, 3.63) is 30.1 Å². The molecule has 3 rings (SSSR count). The summed E-state index contributed by atoms with van der Waals surface area (Å²) in [6, 6.07) is 3.44. The first-order valence-corrected chi connectivity index (χ1v) is 8.00. The molecular weight excluding hydrogens is 280 g/mol. The van der Waals surface area contributed by atoms with E-state index in [1.807, 2.05) is 17.0 Å². The third kappa shape index (κ3) is 3.21. The zero-order valence-electron chi connectivity index (χ0n) is 12.6. The third-order valence-electron chi connectivity index (χ3n) is 4.44. The van der Waals surface area contributed by atoms with E-state index in [1.165, 1.54) is 0 Å². The Balaban J connectivity index is 1.67. The van der Waals surface area contributed by atoms with Crippen molar-refractivity contribution in [1.82, 2.24) is 20.5 Å². The summed E-state index contributed by atoms with van der Waals surface area (Å²) in [7, 11) is 0. The van der Waals surface area contributed by atoms with Crippen molar-refractivity contribution in [1.29, 1.82) is 0 Å². The largest absolute Gasteiger partial charge is 0.354 e. The molecule has 0 aromatic carbocycles. The van der Waals surface area contributed by atoms with Gasteiger partial charge in [0.2, 0.25) is 5.91 Å². The molecular formula is C16H22N4O2. The number of amides is 3. The van der Waals surface area contributed by atoms with Crippen molar-refractivity contribution >= 4 is 11.9 Å². The normalized spacial score (nSPS) is 25.5. The predicted octanol–water partition coefficient (Wildman–Crippen LogP) is 1.60. The molecule has 2 atom stereocenters. The SMILES string of the molecule is O=C1NCCCC[C@H]1NC(=O)N1CCC[C@H]1c1ccncc1. The van der Waals surface area contributed by atoms with Gasteiger partial charge in [-0.3, -0.25) is 9.78 Å². The van der Waals surface area contributed by atoms with Crippen molar-refractivity contribution in [2.45, 2.75) is 44.2 Å². The second kappa shape index (κ2) is 6.77. The van der Waals surface area contributed by atoms with E-state index in [0.29, 0.717) is 13.0 Å². The van der Waals surface area contributed by atoms with Gasteiger partial charge in [0, 0.05) is 25.5 Å². The van der Waals surface area contributed by atoms with Crippen LogP contribution in [0.4, 0.5) is 4.79 Å². The Hall–Kier alpha value is -2.11. The first-order chi connectivity index (χ1) is 10.8. The van der Waals surface area contributed by atoms with E-state index >= 15 is 0 Å². The molecule has 6 nitrogen and oxygen atoms in total. The minimum atomic E-state index is -0.409. The zero-order valence-corrected chi connectivity index (χ0v) is 12.6. The van der Waals surface area contributed by atoms with Crippen LogP contribution in [-0.2, 0) is 4.79 Å². The fraction of sp³-hybridized carbons (Fsp3) is 0.562. The third-order valence-corrected chi connectivity index (χ3v) is 4.44. The molecule has 0 bridgehead atoms. The summed E-state index contributed by atoms with van der Waals surface area (Å²) in [5.41, 5.74) is 1.10. The maximum absolute atomic E-state index is 12.6. The fourth-order valence-electron chi connectivity index (χ4n) is 3.25. The number of hydrogen-bond acceptors (Lipinski definition) is 3. The molecule has 0 spiro atoms. The standard InChI is InChI=1S/C16H22N4O2/c21-15-13(4-1-2-8-18-15)19-16(22)20-11-3-5-14(20)12-6-9-17-10-7-12/h6-7,9-10,13-14H,1-5,8,11H2,(H,18,21)(H,19,22)/t13-,14+/m1/s1. The molecule has 6 heteroatoms. The van der Waals surface area contributed by atoms with Crippen molar-refractivity contribution in [2.75, 3.05) is 13.1 Å². The quantitative estimate of drug-likeness (QED) is 0.871. The van der Waals surface area contributed by atoms with Gasteiger partial charge in [-0.05, 0) is 49.8 Å². The van der Waals surface area contributed by atoms with Gasteiger partial charge in [-0.1, -0.05) is 0 Å². The van der Waals surface area contributed by atoms with Gasteiger partial charge in [0.05, 0.1) is 6.04 Å². The minimum absolute atomic E-state index is 0.0643. The molecule has 0 unspecified atom stereocenters. The Kier molecular flexibility index (Phi) is 4.56. The summed E-state index contributed by atoms with van der Waals surface area (Å²) in [5.74, 6) is -0.0643. The van der Waals surface area contributed by atoms with Crippen molar-refractivity contribution < 1.29 is 9.59 Å². The number of nitrogens with one attached hydrogen (secondary N) is 2. The maximum Gasteiger partial charge on any atom is 0.318 e. The van der Waals surface area contributed by atoms with E-state index in [0.717, 1.165) is 37.8 Å². The smallest absolute Gasteiger partial charge is 0.318 e. The van der Waals surface area contributed by atoms with Gasteiger partial charge in [-0.2, -0.15) is 0 Å². The van der Waals surface area contributed by atoms with Crippen LogP contribution >= 0.6 is 0 Å². The second-order valence-electron chi connectivity index (χ2n) is 5.92. The van der Waals surface area contributed by atoms with Gasteiger partial charge < -0.3 is 15.5 Å². The molecule has 2 saturated heterocycles. The highest BCUT2D eigenvalue weighted by Crippen LogP contribution is 2.31. The average Bonchev–Trinajstić information content (AvgIpc) is 2.95. The van der Waals surface area contributed by atoms with E-state index < -0.39 is 6.04 Å². The highest BCUT2D eigenvalue weighted by Gasteiger charge is 2.32. The Bertz CT molecular complexity index is 534. The minimum Gasteiger partial charge on any atom is -0.354 e. The fourth-order valence-corrected chi connectivity index (χ4v) is 3.25. The van der Waals surface area contributed by atoms with Crippen LogP contribution in [0.3, 0.4) is 0 Å². The van der Waals surface area contributed by atoms with Crippen LogP contribution in [0.2, 0.25) is 0 Å². The van der Waals surface area contributed by atoms with Gasteiger partial charge in [0.1, 0.15) is 6.04 Å². The topological polar surface area (TPSA) is 74.3 Å². The van der Waals surface area contributed by atoms with Crippen molar-refractivity contribution in [3.63, 3.8) is 0 Å². The number of nitrogens with zero attached hydrogens (tertiary/aromatic N) is 2. The van der Waals surface area contributed by atoms with Crippen molar-refractivity contribution in [2.24, 2.45) is 0 Å². The van der Waals surface area contributed by atoms with Crippen LogP contribution < -0.4 is 10.6 Å². The molecule has 1 aromatic rings. The molecule has 1 aromatic heterocycles. The van der Waals surface area contributed by atoms with Crippen LogP contribution in [0.1, 0.15) is 43.7 Å². The summed E-state index contributed by atoms with van der Waals surface area (Å²) in [6.07, 6.45) is 8.08. The monoisotopic (exact) mass is 302 g/mol. The van der Waals surface area contributed by atoms with Crippen LogP contribution in [0.25, 0.3) is 0 Å². The first kappa shape index (κ1) is 14.8. The lowest BCUT2D eigenvalue weighted by molar-refractivity contribution is -0.122. The Labute approximate surface area is 130 Å². The van der Waals surface area contributed by atoms with Gasteiger partial charge in [0.25, 0.3) is 0 Å². The molecule has 2 fully saturated rings. The number of urea groups is 1. The molecule has 0 saturated carbocycles. The van der Waals surface area contributed by atoms with Gasteiger partial charge in [-0.15, -0.1) is 0 Å². The van der Waals surface area contributed by atoms with Crippen LogP contribution in [0, 0.1) is 0 Å². The van der Waals surface area contributed by atoms with Crippen LogP contribution in [0.5, 0.6) is 0 Å². The summed E-state index contributed by atoms with van der Waals surface area (Å²) in [6.45, 7) is 1.43. The zero-order chi connectivity index (χ0) is 15.4. The summed E-state index contributed by atoms with van der Waals surface area (Å²) < 4.78 is 0. The molecule has 2 aliphatic rings. The van der Waals surface area contributed by atoms with E-state index in [4.69, 9.17) is 0 Å². The molecule has 3 amide bonds. The van der Waals surface area contributed by atoms with E-state index in [1.54, 1.807) is 12.4 Å². The van der Waals surface area contributed by atoms with Gasteiger partial charge in [0.15, 0.2) is 0 Å². The van der Waals surface area contributed by atoms with Crippen molar-refractivity contribution in [3.8, 4) is 0 Å². The maximum atomic E-state index is 12.6. The van der Waals surface area contributed by atoms with E-state index in [2.05, 4.69) is 15.6 Å². The number of pyridine rings is 1. The van der Waals surface area contributed by atoms with E-state index in [-0.39, 0.29) is 18.0 Å². The number of carbonyl (C=O) groups is 2. The number of rotatable bonds is 2. The highest BCUT2D eigenvalue weighted by molar-refractivity contribution is 5.87. The number of aromatic nitrogens is 1. The lowest BCUT2D eigenvalue weighted by atomic mass is 10.1. The Morgan fingerprint density at radius 1 is 1.23 bits per heavy atom. The number of hydrogen-bond donors (Lipinski definition) is 2. The van der Waals surface area contributed by atoms with Gasteiger partial charge in [-0.25, -0.2) is 4.79 Å². The lowest BCUT2D eigenvalue weighted by Crippen LogP contribution is -2.50. The molecule has 0 radical (unpaired) electrons. The molecule has 2 N–H and O–H groups in total. The Morgan fingerprint density at radius 3 is 2.86 bits per heavy atom. The van der Waals surface area contributed by atoms with Gasteiger partial charge >= 0.3 is 6.03 Å². The molecule has 3 heterocycles. The highest BCUT2D eigenvalue weighted by atomic mass is 16.2. The summed E-state index contributed by atoms with van der Waals surface area (Å²) in [4.78, 5) is 30.4. The lowest BCUT2D eigenvalue weighted by Gasteiger charge is -2.27. The average molecular weight is 302 g/mol. The molecule has 118 valence electrons. The second-order valence-corrected chi connectivity index (χ2v) is 5.92.